The SMILES string of the molecule is CC1CCN(C(=O)c2ccc(B3OC(C)(C)C(C)(C)O3)cc2F)CC1. The predicted octanol–water partition coefficient (Wildman–Crippen LogP) is 3.00. The van der Waals surface area contributed by atoms with Crippen molar-refractivity contribution in [3.8, 4) is 0 Å². The van der Waals surface area contributed by atoms with E-state index < -0.39 is 24.1 Å². The summed E-state index contributed by atoms with van der Waals surface area (Å²) in [6.45, 7) is 11.4. The Bertz CT molecular complexity index is 653. The first kappa shape index (κ1) is 18.4. The Morgan fingerprint density at radius 3 is 2.24 bits per heavy atom. The van der Waals surface area contributed by atoms with Crippen LogP contribution in [0, 0.1) is 11.7 Å². The lowest BCUT2D eigenvalue weighted by Gasteiger charge is -2.32. The summed E-state index contributed by atoms with van der Waals surface area (Å²) in [7, 11) is -0.625. The van der Waals surface area contributed by atoms with Crippen molar-refractivity contribution in [2.75, 3.05) is 13.1 Å². The lowest BCUT2D eigenvalue weighted by Crippen LogP contribution is -2.41. The smallest absolute Gasteiger partial charge is 0.399 e. The second kappa shape index (κ2) is 6.40. The van der Waals surface area contributed by atoms with E-state index in [1.165, 1.54) is 6.07 Å². The molecule has 6 heteroatoms. The summed E-state index contributed by atoms with van der Waals surface area (Å²) in [5, 5.41) is 0. The molecule has 0 aliphatic carbocycles. The van der Waals surface area contributed by atoms with E-state index in [9.17, 15) is 9.18 Å². The average molecular weight is 347 g/mol. The van der Waals surface area contributed by atoms with Crippen LogP contribution in [-0.4, -0.2) is 42.2 Å². The Balaban J connectivity index is 1.77. The first-order valence-corrected chi connectivity index (χ1v) is 9.05. The zero-order valence-electron chi connectivity index (χ0n) is 15.8. The molecule has 136 valence electrons. The summed E-state index contributed by atoms with van der Waals surface area (Å²) < 4.78 is 26.5. The monoisotopic (exact) mass is 347 g/mol. The van der Waals surface area contributed by atoms with E-state index >= 15 is 0 Å². The van der Waals surface area contributed by atoms with E-state index in [1.807, 2.05) is 27.7 Å². The molecule has 0 radical (unpaired) electrons. The van der Waals surface area contributed by atoms with E-state index in [1.54, 1.807) is 17.0 Å². The van der Waals surface area contributed by atoms with Crippen molar-refractivity contribution < 1.29 is 18.5 Å². The van der Waals surface area contributed by atoms with Gasteiger partial charge in [0.1, 0.15) is 5.82 Å². The van der Waals surface area contributed by atoms with Gasteiger partial charge in [-0.1, -0.05) is 13.0 Å². The first-order valence-electron chi connectivity index (χ1n) is 9.05. The Morgan fingerprint density at radius 1 is 1.16 bits per heavy atom. The number of rotatable bonds is 2. The predicted molar refractivity (Wildman–Crippen MR) is 96.4 cm³/mol. The minimum absolute atomic E-state index is 0.120. The number of benzene rings is 1. The number of nitrogens with zero attached hydrogens (tertiary/aromatic N) is 1. The summed E-state index contributed by atoms with van der Waals surface area (Å²) >= 11 is 0. The van der Waals surface area contributed by atoms with Crippen LogP contribution in [0.4, 0.5) is 4.39 Å². The van der Waals surface area contributed by atoms with Crippen LogP contribution in [-0.2, 0) is 9.31 Å². The number of hydrogen-bond acceptors (Lipinski definition) is 3. The molecule has 25 heavy (non-hydrogen) atoms. The van der Waals surface area contributed by atoms with Crippen LogP contribution < -0.4 is 5.46 Å². The van der Waals surface area contributed by atoms with Gasteiger partial charge in [0.05, 0.1) is 16.8 Å². The Morgan fingerprint density at radius 2 is 1.72 bits per heavy atom. The van der Waals surface area contributed by atoms with Crippen LogP contribution in [0.1, 0.15) is 57.8 Å². The molecule has 0 atom stereocenters. The topological polar surface area (TPSA) is 38.8 Å². The third-order valence-corrected chi connectivity index (χ3v) is 5.82. The fraction of sp³-hybridized carbons (Fsp3) is 0.632. The van der Waals surface area contributed by atoms with Crippen molar-refractivity contribution in [3.63, 3.8) is 0 Å². The van der Waals surface area contributed by atoms with Crippen molar-refractivity contribution in [2.24, 2.45) is 5.92 Å². The molecule has 1 amide bonds. The highest BCUT2D eigenvalue weighted by atomic mass is 19.1. The van der Waals surface area contributed by atoms with E-state index in [4.69, 9.17) is 9.31 Å². The van der Waals surface area contributed by atoms with Crippen molar-refractivity contribution in [1.82, 2.24) is 4.90 Å². The third-order valence-electron chi connectivity index (χ3n) is 5.82. The molecule has 0 unspecified atom stereocenters. The summed E-state index contributed by atoms with van der Waals surface area (Å²) in [5.74, 6) is -0.125. The molecule has 0 aromatic heterocycles. The molecular weight excluding hydrogens is 320 g/mol. The van der Waals surface area contributed by atoms with Crippen molar-refractivity contribution >= 4 is 18.5 Å². The molecule has 2 fully saturated rings. The van der Waals surface area contributed by atoms with Crippen molar-refractivity contribution in [3.05, 3.63) is 29.6 Å². The number of amides is 1. The number of likely N-dealkylation sites (tertiary alicyclic amines) is 1. The van der Waals surface area contributed by atoms with Gasteiger partial charge in [0.25, 0.3) is 5.91 Å². The quantitative estimate of drug-likeness (QED) is 0.772. The number of hydrogen-bond donors (Lipinski definition) is 0. The van der Waals surface area contributed by atoms with E-state index in [-0.39, 0.29) is 11.5 Å². The number of piperidine rings is 1. The lowest BCUT2D eigenvalue weighted by atomic mass is 9.78. The van der Waals surface area contributed by atoms with Crippen LogP contribution in [0.15, 0.2) is 18.2 Å². The van der Waals surface area contributed by atoms with Crippen LogP contribution in [0.5, 0.6) is 0 Å². The molecule has 4 nitrogen and oxygen atoms in total. The molecule has 0 saturated carbocycles. The van der Waals surface area contributed by atoms with Crippen LogP contribution >= 0.6 is 0 Å². The molecule has 0 spiro atoms. The average Bonchev–Trinajstić information content (AvgIpc) is 2.75. The summed E-state index contributed by atoms with van der Waals surface area (Å²) in [6.07, 6.45) is 1.94. The Kier molecular flexibility index (Phi) is 4.71. The minimum atomic E-state index is -0.625. The molecular formula is C19H27BFNO3. The standard InChI is InChI=1S/C19H27BFNO3/c1-13-8-10-22(11-9-13)17(23)15-7-6-14(12-16(15)21)20-24-18(2,3)19(4,5)25-20/h6-7,12-13H,8-11H2,1-5H3. The van der Waals surface area contributed by atoms with Gasteiger partial charge in [-0.3, -0.25) is 4.79 Å². The highest BCUT2D eigenvalue weighted by Crippen LogP contribution is 2.36. The number of carbonyl (C=O) groups excluding carboxylic acids is 1. The zero-order valence-corrected chi connectivity index (χ0v) is 15.8. The summed E-state index contributed by atoms with van der Waals surface area (Å²) in [5.41, 5.74) is -0.241. The molecule has 0 bridgehead atoms. The summed E-state index contributed by atoms with van der Waals surface area (Å²) in [4.78, 5) is 14.3. The van der Waals surface area contributed by atoms with E-state index in [0.29, 0.717) is 24.5 Å². The highest BCUT2D eigenvalue weighted by molar-refractivity contribution is 6.62. The fourth-order valence-electron chi connectivity index (χ4n) is 3.21. The molecule has 2 saturated heterocycles. The van der Waals surface area contributed by atoms with Gasteiger partial charge in [0.2, 0.25) is 0 Å². The lowest BCUT2D eigenvalue weighted by molar-refractivity contribution is 0.00578. The molecule has 2 heterocycles. The zero-order chi connectivity index (χ0) is 18.4. The second-order valence-electron chi connectivity index (χ2n) is 8.30. The van der Waals surface area contributed by atoms with Crippen molar-refractivity contribution in [2.45, 2.75) is 58.7 Å². The van der Waals surface area contributed by atoms with Gasteiger partial charge >= 0.3 is 7.12 Å². The molecule has 1 aromatic rings. The molecule has 0 N–H and O–H groups in total. The molecule has 3 rings (SSSR count). The maximum Gasteiger partial charge on any atom is 0.494 e. The fourth-order valence-corrected chi connectivity index (χ4v) is 3.21. The number of halogens is 1. The van der Waals surface area contributed by atoms with Crippen molar-refractivity contribution in [1.29, 1.82) is 0 Å². The van der Waals surface area contributed by atoms with Crippen LogP contribution in [0.2, 0.25) is 0 Å². The van der Waals surface area contributed by atoms with Gasteiger partial charge in [0.15, 0.2) is 0 Å². The van der Waals surface area contributed by atoms with E-state index in [2.05, 4.69) is 6.92 Å². The number of carbonyl (C=O) groups is 1. The van der Waals surface area contributed by atoms with Crippen LogP contribution in [0.25, 0.3) is 0 Å². The molecule has 2 aliphatic rings. The second-order valence-corrected chi connectivity index (χ2v) is 8.30. The maximum absolute atomic E-state index is 14.6. The largest absolute Gasteiger partial charge is 0.494 e. The van der Waals surface area contributed by atoms with E-state index in [0.717, 1.165) is 12.8 Å². The highest BCUT2D eigenvalue weighted by Gasteiger charge is 2.51. The minimum Gasteiger partial charge on any atom is -0.399 e. The van der Waals surface area contributed by atoms with Crippen LogP contribution in [0.3, 0.4) is 0 Å². The van der Waals surface area contributed by atoms with Gasteiger partial charge in [-0.25, -0.2) is 4.39 Å². The Hall–Kier alpha value is -1.40. The normalized spacial score (nSPS) is 23.1. The molecule has 2 aliphatic heterocycles. The summed E-state index contributed by atoms with van der Waals surface area (Å²) in [6, 6.07) is 4.64. The Labute approximate surface area is 149 Å². The maximum atomic E-state index is 14.6. The van der Waals surface area contributed by atoms with Gasteiger partial charge in [-0.15, -0.1) is 0 Å². The first-order chi connectivity index (χ1) is 11.6. The third kappa shape index (κ3) is 3.47. The van der Waals surface area contributed by atoms with Gasteiger partial charge < -0.3 is 14.2 Å². The van der Waals surface area contributed by atoms with Gasteiger partial charge in [-0.2, -0.15) is 0 Å². The van der Waals surface area contributed by atoms with Gasteiger partial charge in [-0.05, 0) is 64.1 Å². The van der Waals surface area contributed by atoms with Gasteiger partial charge in [0, 0.05) is 13.1 Å². The molecule has 1 aromatic carbocycles.